The third kappa shape index (κ3) is 2.32. The van der Waals surface area contributed by atoms with Crippen molar-refractivity contribution in [3.63, 3.8) is 0 Å². The lowest BCUT2D eigenvalue weighted by molar-refractivity contribution is 0.923. The van der Waals surface area contributed by atoms with Crippen LogP contribution < -0.4 is 5.32 Å². The lowest BCUT2D eigenvalue weighted by atomic mass is 10.1. The Labute approximate surface area is 96.7 Å². The van der Waals surface area contributed by atoms with E-state index in [1.807, 2.05) is 6.07 Å². The van der Waals surface area contributed by atoms with E-state index < -0.39 is 0 Å². The molecule has 0 saturated heterocycles. The molecule has 0 fully saturated rings. The van der Waals surface area contributed by atoms with Crippen LogP contribution in [0.25, 0.3) is 10.9 Å². The number of rotatable bonds is 4. The van der Waals surface area contributed by atoms with E-state index in [0.29, 0.717) is 0 Å². The van der Waals surface area contributed by atoms with Gasteiger partial charge in [0, 0.05) is 11.9 Å². The summed E-state index contributed by atoms with van der Waals surface area (Å²) in [6.07, 6.45) is 2.33. The van der Waals surface area contributed by atoms with Gasteiger partial charge in [0.15, 0.2) is 0 Å². The standard InChI is InChI=1S/C14H18N2/c1-3-5-11-6-8-13-12(10-11)7-9-14(16-13)15-4-2/h6-10H,3-5H2,1-2H3,(H,15,16). The number of aryl methyl sites for hydroxylation is 1. The zero-order chi connectivity index (χ0) is 11.4. The van der Waals surface area contributed by atoms with E-state index in [-0.39, 0.29) is 0 Å². The average molecular weight is 214 g/mol. The molecule has 0 amide bonds. The molecular weight excluding hydrogens is 196 g/mol. The van der Waals surface area contributed by atoms with Crippen molar-refractivity contribution in [1.29, 1.82) is 0 Å². The van der Waals surface area contributed by atoms with Crippen molar-refractivity contribution in [2.75, 3.05) is 11.9 Å². The zero-order valence-electron chi connectivity index (χ0n) is 9.96. The Morgan fingerprint density at radius 3 is 2.75 bits per heavy atom. The third-order valence-electron chi connectivity index (χ3n) is 2.65. The quantitative estimate of drug-likeness (QED) is 0.840. The normalized spacial score (nSPS) is 10.6. The average Bonchev–Trinajstić information content (AvgIpc) is 2.30. The van der Waals surface area contributed by atoms with Crippen molar-refractivity contribution in [1.82, 2.24) is 4.98 Å². The van der Waals surface area contributed by atoms with Gasteiger partial charge >= 0.3 is 0 Å². The highest BCUT2D eigenvalue weighted by molar-refractivity contribution is 5.80. The molecule has 16 heavy (non-hydrogen) atoms. The van der Waals surface area contributed by atoms with E-state index in [1.165, 1.54) is 17.4 Å². The van der Waals surface area contributed by atoms with Gasteiger partial charge < -0.3 is 5.32 Å². The van der Waals surface area contributed by atoms with Crippen LogP contribution in [0.2, 0.25) is 0 Å². The minimum Gasteiger partial charge on any atom is -0.370 e. The topological polar surface area (TPSA) is 24.9 Å². The van der Waals surface area contributed by atoms with Crippen molar-refractivity contribution in [3.8, 4) is 0 Å². The van der Waals surface area contributed by atoms with Gasteiger partial charge in [0.25, 0.3) is 0 Å². The van der Waals surface area contributed by atoms with Gasteiger partial charge in [-0.3, -0.25) is 0 Å². The van der Waals surface area contributed by atoms with Gasteiger partial charge in [-0.2, -0.15) is 0 Å². The minimum atomic E-state index is 0.909. The van der Waals surface area contributed by atoms with Gasteiger partial charge in [0.2, 0.25) is 0 Å². The van der Waals surface area contributed by atoms with E-state index in [4.69, 9.17) is 0 Å². The Morgan fingerprint density at radius 1 is 1.12 bits per heavy atom. The van der Waals surface area contributed by atoms with Gasteiger partial charge in [-0.25, -0.2) is 4.98 Å². The fourth-order valence-corrected chi connectivity index (χ4v) is 1.90. The molecule has 0 radical (unpaired) electrons. The monoisotopic (exact) mass is 214 g/mol. The number of aromatic nitrogens is 1. The highest BCUT2D eigenvalue weighted by Crippen LogP contribution is 2.17. The molecule has 2 nitrogen and oxygen atoms in total. The number of nitrogens with zero attached hydrogens (tertiary/aromatic N) is 1. The molecule has 1 heterocycles. The second kappa shape index (κ2) is 4.97. The van der Waals surface area contributed by atoms with Crippen LogP contribution >= 0.6 is 0 Å². The minimum absolute atomic E-state index is 0.909. The number of hydrogen-bond donors (Lipinski definition) is 1. The summed E-state index contributed by atoms with van der Waals surface area (Å²) in [6.45, 7) is 5.19. The number of fused-ring (bicyclic) bond motifs is 1. The zero-order valence-corrected chi connectivity index (χ0v) is 9.96. The Hall–Kier alpha value is -1.57. The fraction of sp³-hybridized carbons (Fsp3) is 0.357. The highest BCUT2D eigenvalue weighted by Gasteiger charge is 1.99. The summed E-state index contributed by atoms with van der Waals surface area (Å²) in [5, 5.41) is 4.46. The maximum Gasteiger partial charge on any atom is 0.126 e. The SMILES string of the molecule is CCCc1ccc2nc(NCC)ccc2c1. The third-order valence-corrected chi connectivity index (χ3v) is 2.65. The molecule has 2 rings (SSSR count). The predicted octanol–water partition coefficient (Wildman–Crippen LogP) is 3.62. The molecule has 0 unspecified atom stereocenters. The maximum absolute atomic E-state index is 4.56. The van der Waals surface area contributed by atoms with Crippen LogP contribution in [0.5, 0.6) is 0 Å². The Bertz CT molecular complexity index is 432. The fourth-order valence-electron chi connectivity index (χ4n) is 1.90. The molecule has 0 spiro atoms. The molecule has 2 heteroatoms. The second-order valence-corrected chi connectivity index (χ2v) is 4.00. The maximum atomic E-state index is 4.56. The van der Waals surface area contributed by atoms with Crippen LogP contribution in [0.1, 0.15) is 25.8 Å². The number of pyridine rings is 1. The van der Waals surface area contributed by atoms with E-state index in [2.05, 4.69) is 48.4 Å². The lowest BCUT2D eigenvalue weighted by Gasteiger charge is -2.05. The summed E-state index contributed by atoms with van der Waals surface area (Å²) >= 11 is 0. The summed E-state index contributed by atoms with van der Waals surface area (Å²) in [6, 6.07) is 10.7. The first-order chi connectivity index (χ1) is 7.83. The molecular formula is C14H18N2. The highest BCUT2D eigenvalue weighted by atomic mass is 15.0. The number of nitrogens with one attached hydrogen (secondary N) is 1. The molecule has 0 atom stereocenters. The van der Waals surface area contributed by atoms with Crippen LogP contribution in [0.4, 0.5) is 5.82 Å². The molecule has 2 aromatic rings. The van der Waals surface area contributed by atoms with E-state index in [0.717, 1.165) is 24.3 Å². The van der Waals surface area contributed by atoms with Gasteiger partial charge in [0.05, 0.1) is 5.52 Å². The molecule has 1 aromatic heterocycles. The van der Waals surface area contributed by atoms with Crippen molar-refractivity contribution < 1.29 is 0 Å². The molecule has 0 bridgehead atoms. The second-order valence-electron chi connectivity index (χ2n) is 4.00. The van der Waals surface area contributed by atoms with Crippen molar-refractivity contribution in [2.45, 2.75) is 26.7 Å². The lowest BCUT2D eigenvalue weighted by Crippen LogP contribution is -1.98. The summed E-state index contributed by atoms with van der Waals surface area (Å²) in [4.78, 5) is 4.56. The summed E-state index contributed by atoms with van der Waals surface area (Å²) < 4.78 is 0. The molecule has 0 saturated carbocycles. The van der Waals surface area contributed by atoms with Crippen LogP contribution in [0, 0.1) is 0 Å². The number of hydrogen-bond acceptors (Lipinski definition) is 2. The summed E-state index contributed by atoms with van der Waals surface area (Å²) in [7, 11) is 0. The van der Waals surface area contributed by atoms with Gasteiger partial charge in [-0.15, -0.1) is 0 Å². The van der Waals surface area contributed by atoms with Crippen LogP contribution in [0.3, 0.4) is 0 Å². The summed E-state index contributed by atoms with van der Waals surface area (Å²) in [5.41, 5.74) is 2.46. The van der Waals surface area contributed by atoms with Crippen molar-refractivity contribution >= 4 is 16.7 Å². The van der Waals surface area contributed by atoms with Crippen LogP contribution in [-0.4, -0.2) is 11.5 Å². The number of anilines is 1. The largest absolute Gasteiger partial charge is 0.370 e. The van der Waals surface area contributed by atoms with E-state index >= 15 is 0 Å². The van der Waals surface area contributed by atoms with Gasteiger partial charge in [0.1, 0.15) is 5.82 Å². The first-order valence-corrected chi connectivity index (χ1v) is 5.97. The first kappa shape index (κ1) is 10.9. The van der Waals surface area contributed by atoms with Gasteiger partial charge in [-0.1, -0.05) is 19.4 Å². The van der Waals surface area contributed by atoms with Crippen LogP contribution in [-0.2, 0) is 6.42 Å². The molecule has 1 aromatic carbocycles. The number of benzene rings is 1. The molecule has 0 aliphatic carbocycles. The van der Waals surface area contributed by atoms with Gasteiger partial charge in [-0.05, 0) is 43.2 Å². The van der Waals surface area contributed by atoms with E-state index in [1.54, 1.807) is 0 Å². The molecule has 84 valence electrons. The van der Waals surface area contributed by atoms with E-state index in [9.17, 15) is 0 Å². The smallest absolute Gasteiger partial charge is 0.126 e. The Balaban J connectivity index is 2.36. The molecule has 1 N–H and O–H groups in total. The molecule has 0 aliphatic heterocycles. The summed E-state index contributed by atoms with van der Waals surface area (Å²) in [5.74, 6) is 0.957. The molecule has 0 aliphatic rings. The predicted molar refractivity (Wildman–Crippen MR) is 69.9 cm³/mol. The van der Waals surface area contributed by atoms with Crippen molar-refractivity contribution in [3.05, 3.63) is 35.9 Å². The Kier molecular flexibility index (Phi) is 3.40. The van der Waals surface area contributed by atoms with Crippen LogP contribution in [0.15, 0.2) is 30.3 Å². The first-order valence-electron chi connectivity index (χ1n) is 5.97. The Morgan fingerprint density at radius 2 is 2.00 bits per heavy atom. The van der Waals surface area contributed by atoms with Crippen molar-refractivity contribution in [2.24, 2.45) is 0 Å².